The van der Waals surface area contributed by atoms with Crippen LogP contribution in [0.25, 0.3) is 23.2 Å². The van der Waals surface area contributed by atoms with Gasteiger partial charge in [0.25, 0.3) is 5.91 Å². The van der Waals surface area contributed by atoms with Gasteiger partial charge < -0.3 is 9.47 Å². The Morgan fingerprint density at radius 2 is 1.71 bits per heavy atom. The molecule has 1 fully saturated rings. The molecule has 0 N–H and O–H groups in total. The minimum Gasteiger partial charge on any atom is -0.349 e. The predicted octanol–water partition coefficient (Wildman–Crippen LogP) is 5.00. The number of para-hydroxylation sites is 1. The second kappa shape index (κ2) is 10.3. The van der Waals surface area contributed by atoms with E-state index >= 15 is 0 Å². The maximum absolute atomic E-state index is 13.7. The van der Waals surface area contributed by atoms with Crippen molar-refractivity contribution in [2.75, 3.05) is 32.7 Å². The fourth-order valence-corrected chi connectivity index (χ4v) is 4.61. The van der Waals surface area contributed by atoms with E-state index in [0.29, 0.717) is 29.5 Å². The van der Waals surface area contributed by atoms with Crippen LogP contribution in [0.1, 0.15) is 16.1 Å². The number of nitrogens with zero attached hydrogens (tertiary/aromatic N) is 5. The van der Waals surface area contributed by atoms with Crippen LogP contribution in [0.15, 0.2) is 85.1 Å². The highest BCUT2D eigenvalue weighted by molar-refractivity contribution is 6.32. The number of carbonyl (C=O) groups excluding carboxylic acids is 1. The number of aromatic nitrogens is 3. The number of carbonyl (C=O) groups is 1. The fraction of sp³-hybridized carbons (Fsp3) is 0.214. The Morgan fingerprint density at radius 1 is 0.971 bits per heavy atom. The van der Waals surface area contributed by atoms with Crippen LogP contribution in [0.2, 0.25) is 5.02 Å². The van der Waals surface area contributed by atoms with Gasteiger partial charge in [-0.05, 0) is 35.9 Å². The molecule has 0 saturated carbocycles. The molecular weight excluding hydrogens is 458 g/mol. The zero-order valence-corrected chi connectivity index (χ0v) is 20.5. The van der Waals surface area contributed by atoms with Crippen LogP contribution in [0.4, 0.5) is 0 Å². The summed E-state index contributed by atoms with van der Waals surface area (Å²) in [5.41, 5.74) is 4.10. The first-order valence-electron chi connectivity index (χ1n) is 11.8. The molecule has 1 aliphatic heterocycles. The summed E-state index contributed by atoms with van der Waals surface area (Å²) in [6.45, 7) is 3.87. The first-order valence-corrected chi connectivity index (χ1v) is 12.2. The number of halogens is 1. The first-order chi connectivity index (χ1) is 17.1. The summed E-state index contributed by atoms with van der Waals surface area (Å²) in [4.78, 5) is 17.9. The minimum absolute atomic E-state index is 0.0302. The third-order valence-electron chi connectivity index (χ3n) is 6.35. The Balaban J connectivity index is 1.33. The van der Waals surface area contributed by atoms with Gasteiger partial charge in [-0.2, -0.15) is 5.10 Å². The van der Waals surface area contributed by atoms with Gasteiger partial charge in [-0.3, -0.25) is 9.69 Å². The van der Waals surface area contributed by atoms with Crippen LogP contribution in [0, 0.1) is 0 Å². The van der Waals surface area contributed by atoms with Gasteiger partial charge in [0.1, 0.15) is 11.4 Å². The summed E-state index contributed by atoms with van der Waals surface area (Å²) in [7, 11) is 1.97. The van der Waals surface area contributed by atoms with E-state index in [2.05, 4.69) is 29.2 Å². The molecule has 1 saturated heterocycles. The molecule has 0 unspecified atom stereocenters. The van der Waals surface area contributed by atoms with Crippen LogP contribution in [0.5, 0.6) is 0 Å². The molecule has 0 aliphatic carbocycles. The minimum atomic E-state index is -0.0302. The van der Waals surface area contributed by atoms with Gasteiger partial charge in [0, 0.05) is 46.0 Å². The third-order valence-corrected chi connectivity index (χ3v) is 6.67. The van der Waals surface area contributed by atoms with Crippen molar-refractivity contribution < 1.29 is 4.79 Å². The molecule has 2 aromatic carbocycles. The molecule has 6 nitrogen and oxygen atoms in total. The van der Waals surface area contributed by atoms with E-state index in [0.717, 1.165) is 31.0 Å². The smallest absolute Gasteiger partial charge is 0.272 e. The van der Waals surface area contributed by atoms with Gasteiger partial charge in [-0.1, -0.05) is 66.2 Å². The molecule has 178 valence electrons. The maximum atomic E-state index is 13.7. The van der Waals surface area contributed by atoms with Gasteiger partial charge in [-0.15, -0.1) is 0 Å². The van der Waals surface area contributed by atoms with E-state index in [1.54, 1.807) is 4.68 Å². The summed E-state index contributed by atoms with van der Waals surface area (Å²) in [5, 5.41) is 5.34. The topological polar surface area (TPSA) is 46.3 Å². The Morgan fingerprint density at radius 3 is 2.43 bits per heavy atom. The molecule has 0 bridgehead atoms. The van der Waals surface area contributed by atoms with Gasteiger partial charge >= 0.3 is 0 Å². The monoisotopic (exact) mass is 485 g/mol. The summed E-state index contributed by atoms with van der Waals surface area (Å²) >= 11 is 6.49. The zero-order valence-electron chi connectivity index (χ0n) is 19.7. The normalized spacial score (nSPS) is 14.6. The van der Waals surface area contributed by atoms with Crippen molar-refractivity contribution in [3.63, 3.8) is 0 Å². The lowest BCUT2D eigenvalue weighted by molar-refractivity contribution is 0.0641. The van der Waals surface area contributed by atoms with Gasteiger partial charge in [0.2, 0.25) is 0 Å². The Bertz CT molecular complexity index is 1330. The predicted molar refractivity (Wildman–Crippen MR) is 141 cm³/mol. The summed E-state index contributed by atoms with van der Waals surface area (Å²) < 4.78 is 3.68. The van der Waals surface area contributed by atoms with E-state index in [1.807, 2.05) is 83.4 Å². The highest BCUT2D eigenvalue weighted by Crippen LogP contribution is 2.26. The number of hydrogen-bond acceptors (Lipinski definition) is 3. The molecule has 5 rings (SSSR count). The standard InChI is InChI=1S/C28H28ClN5O/c1-31-15-8-14-26(31)24-21-27(34(30-24)25-13-6-5-12-23(25)29)28(35)33-19-17-32(18-20-33)16-7-11-22-9-3-2-4-10-22/h2-15,21H,16-20H2,1H3. The maximum Gasteiger partial charge on any atom is 0.272 e. The Hall–Kier alpha value is -3.61. The second-order valence-corrected chi connectivity index (χ2v) is 9.10. The largest absolute Gasteiger partial charge is 0.349 e. The summed E-state index contributed by atoms with van der Waals surface area (Å²) in [5.74, 6) is -0.0302. The average molecular weight is 486 g/mol. The van der Waals surface area contributed by atoms with Gasteiger partial charge in [0.15, 0.2) is 0 Å². The zero-order chi connectivity index (χ0) is 24.2. The molecule has 0 spiro atoms. The first kappa shape index (κ1) is 23.1. The highest BCUT2D eigenvalue weighted by atomic mass is 35.5. The molecule has 0 radical (unpaired) electrons. The van der Waals surface area contributed by atoms with Crippen LogP contribution in [0.3, 0.4) is 0 Å². The van der Waals surface area contributed by atoms with Gasteiger partial charge in [-0.25, -0.2) is 4.68 Å². The van der Waals surface area contributed by atoms with E-state index in [-0.39, 0.29) is 5.91 Å². The van der Waals surface area contributed by atoms with Crippen LogP contribution < -0.4 is 0 Å². The molecule has 4 aromatic rings. The van der Waals surface area contributed by atoms with Crippen molar-refractivity contribution in [1.29, 1.82) is 0 Å². The molecule has 35 heavy (non-hydrogen) atoms. The fourth-order valence-electron chi connectivity index (χ4n) is 4.39. The summed E-state index contributed by atoms with van der Waals surface area (Å²) in [6.07, 6.45) is 6.30. The molecule has 1 amide bonds. The number of benzene rings is 2. The van der Waals surface area contributed by atoms with E-state index in [9.17, 15) is 4.79 Å². The molecular formula is C28H28ClN5O. The number of piperazine rings is 1. The molecule has 3 heterocycles. The summed E-state index contributed by atoms with van der Waals surface area (Å²) in [6, 6.07) is 23.6. The Kier molecular flexibility index (Phi) is 6.84. The number of hydrogen-bond donors (Lipinski definition) is 0. The SMILES string of the molecule is Cn1cccc1-c1cc(C(=O)N2CCN(CC=Cc3ccccc3)CC2)n(-c2ccccc2Cl)n1. The molecule has 2 aromatic heterocycles. The number of aryl methyl sites for hydroxylation is 1. The van der Waals surface area contributed by atoms with Gasteiger partial charge in [0.05, 0.1) is 16.4 Å². The lowest BCUT2D eigenvalue weighted by Gasteiger charge is -2.34. The van der Waals surface area contributed by atoms with E-state index in [1.165, 1.54) is 5.56 Å². The van der Waals surface area contributed by atoms with Crippen LogP contribution in [-0.2, 0) is 7.05 Å². The van der Waals surface area contributed by atoms with Crippen molar-refractivity contribution in [3.8, 4) is 17.1 Å². The lowest BCUT2D eigenvalue weighted by atomic mass is 10.2. The molecule has 0 atom stereocenters. The van der Waals surface area contributed by atoms with Crippen molar-refractivity contribution in [1.82, 2.24) is 24.1 Å². The van der Waals surface area contributed by atoms with Crippen LogP contribution in [-0.4, -0.2) is 62.8 Å². The lowest BCUT2D eigenvalue weighted by Crippen LogP contribution is -2.49. The van der Waals surface area contributed by atoms with Crippen molar-refractivity contribution in [2.45, 2.75) is 0 Å². The Labute approximate surface area is 210 Å². The van der Waals surface area contributed by atoms with E-state index in [4.69, 9.17) is 16.7 Å². The molecule has 1 aliphatic rings. The van der Waals surface area contributed by atoms with Crippen molar-refractivity contribution in [2.24, 2.45) is 7.05 Å². The van der Waals surface area contributed by atoms with Crippen molar-refractivity contribution in [3.05, 3.63) is 101 Å². The van der Waals surface area contributed by atoms with E-state index < -0.39 is 0 Å². The van der Waals surface area contributed by atoms with Crippen molar-refractivity contribution >= 4 is 23.6 Å². The van der Waals surface area contributed by atoms with Crippen LogP contribution >= 0.6 is 11.6 Å². The number of amides is 1. The second-order valence-electron chi connectivity index (χ2n) is 8.69. The number of rotatable bonds is 6. The third kappa shape index (κ3) is 5.09. The molecule has 7 heteroatoms. The average Bonchev–Trinajstić information content (AvgIpc) is 3.51. The highest BCUT2D eigenvalue weighted by Gasteiger charge is 2.27. The quantitative estimate of drug-likeness (QED) is 0.386.